The van der Waals surface area contributed by atoms with E-state index in [0.29, 0.717) is 0 Å². The van der Waals surface area contributed by atoms with Crippen LogP contribution >= 0.6 is 0 Å². The molecule has 8 aromatic carbocycles. The summed E-state index contributed by atoms with van der Waals surface area (Å²) < 4.78 is 6.79. The minimum atomic E-state index is 0.0142. The Morgan fingerprint density at radius 2 is 1.00 bits per heavy atom. The molecule has 57 heavy (non-hydrogen) atoms. The molecule has 0 atom stereocenters. The van der Waals surface area contributed by atoms with Crippen molar-refractivity contribution in [2.75, 3.05) is 14.7 Å². The van der Waals surface area contributed by atoms with Crippen molar-refractivity contribution in [1.29, 1.82) is 0 Å². The van der Waals surface area contributed by atoms with E-state index in [2.05, 4.69) is 217 Å². The molecule has 0 saturated heterocycles. The lowest BCUT2D eigenvalue weighted by atomic mass is 9.33. The fourth-order valence-corrected chi connectivity index (χ4v) is 9.17. The van der Waals surface area contributed by atoms with Crippen molar-refractivity contribution in [3.63, 3.8) is 0 Å². The molecule has 0 fully saturated rings. The molecular weight excluding hydrogens is 693 g/mol. The first-order valence-electron chi connectivity index (χ1n) is 19.8. The molecule has 1 aromatic heterocycles. The Kier molecular flexibility index (Phi) is 7.49. The highest BCUT2D eigenvalue weighted by Gasteiger charge is 2.43. The van der Waals surface area contributed by atoms with Crippen LogP contribution in [0.2, 0.25) is 0 Å². The highest BCUT2D eigenvalue weighted by Crippen LogP contribution is 2.49. The average molecular weight is 734 g/mol. The van der Waals surface area contributed by atoms with Crippen LogP contribution in [0.4, 0.5) is 51.2 Å². The molecule has 2 aliphatic rings. The summed E-state index contributed by atoms with van der Waals surface area (Å²) in [6, 6.07) is 68.3. The molecule has 5 heteroatoms. The van der Waals surface area contributed by atoms with E-state index in [1.54, 1.807) is 0 Å². The predicted octanol–water partition coefficient (Wildman–Crippen LogP) is 12.4. The van der Waals surface area contributed by atoms with E-state index in [-0.39, 0.29) is 12.1 Å². The van der Waals surface area contributed by atoms with Gasteiger partial charge in [0, 0.05) is 50.6 Å². The maximum absolute atomic E-state index is 6.79. The minimum Gasteiger partial charge on any atom is -0.454 e. The maximum Gasteiger partial charge on any atom is 0.252 e. The minimum absolute atomic E-state index is 0.0142. The molecule has 4 nitrogen and oxygen atoms in total. The van der Waals surface area contributed by atoms with Crippen molar-refractivity contribution < 1.29 is 4.42 Å². The molecule has 0 bridgehead atoms. The van der Waals surface area contributed by atoms with E-state index in [9.17, 15) is 0 Å². The number of fused-ring (bicyclic) bond motifs is 7. The van der Waals surface area contributed by atoms with Crippen LogP contribution < -0.4 is 31.1 Å². The second-order valence-electron chi connectivity index (χ2n) is 16.2. The fourth-order valence-electron chi connectivity index (χ4n) is 9.17. The summed E-state index contributed by atoms with van der Waals surface area (Å²) in [7, 11) is 0. The third-order valence-electron chi connectivity index (χ3n) is 11.8. The van der Waals surface area contributed by atoms with Crippen molar-refractivity contribution >= 4 is 96.2 Å². The zero-order chi connectivity index (χ0) is 38.3. The maximum atomic E-state index is 6.79. The molecule has 3 heterocycles. The first kappa shape index (κ1) is 33.4. The van der Waals surface area contributed by atoms with Crippen molar-refractivity contribution in [2.24, 2.45) is 0 Å². The lowest BCUT2D eigenvalue weighted by molar-refractivity contribution is 0.590. The van der Waals surface area contributed by atoms with Crippen LogP contribution in [0, 0.1) is 0 Å². The van der Waals surface area contributed by atoms with Crippen LogP contribution in [-0.4, -0.2) is 6.71 Å². The van der Waals surface area contributed by atoms with Gasteiger partial charge in [0.25, 0.3) is 6.71 Å². The second kappa shape index (κ2) is 12.8. The molecule has 0 N–H and O–H groups in total. The first-order valence-corrected chi connectivity index (χ1v) is 19.8. The highest BCUT2D eigenvalue weighted by atomic mass is 16.3. The third kappa shape index (κ3) is 5.23. The number of hydrogen-bond donors (Lipinski definition) is 0. The monoisotopic (exact) mass is 733 g/mol. The van der Waals surface area contributed by atoms with Crippen LogP contribution in [-0.2, 0) is 5.41 Å². The lowest BCUT2D eigenvalue weighted by Crippen LogP contribution is -2.61. The summed E-state index contributed by atoms with van der Waals surface area (Å²) >= 11 is 0. The summed E-state index contributed by atoms with van der Waals surface area (Å²) in [5.74, 6) is 0. The highest BCUT2D eigenvalue weighted by molar-refractivity contribution is 7.00. The molecule has 9 aromatic rings. The van der Waals surface area contributed by atoms with Gasteiger partial charge in [-0.25, -0.2) is 0 Å². The molecule has 0 unspecified atom stereocenters. The number of anilines is 9. The van der Waals surface area contributed by atoms with Crippen molar-refractivity contribution in [1.82, 2.24) is 0 Å². The van der Waals surface area contributed by atoms with E-state index >= 15 is 0 Å². The number of rotatable bonds is 5. The van der Waals surface area contributed by atoms with Gasteiger partial charge in [-0.3, -0.25) is 0 Å². The Labute approximate surface area is 333 Å². The molecular formula is C52H40BN3O. The van der Waals surface area contributed by atoms with Gasteiger partial charge in [0.15, 0.2) is 5.58 Å². The Bertz CT molecular complexity index is 2860. The molecule has 0 aliphatic carbocycles. The summed E-state index contributed by atoms with van der Waals surface area (Å²) in [6.07, 6.45) is 0. The number of para-hydroxylation sites is 6. The lowest BCUT2D eigenvalue weighted by Gasteiger charge is -2.45. The molecule has 0 saturated carbocycles. The van der Waals surface area contributed by atoms with Gasteiger partial charge in [0.05, 0.1) is 11.4 Å². The van der Waals surface area contributed by atoms with Crippen molar-refractivity contribution in [3.05, 3.63) is 194 Å². The Morgan fingerprint density at radius 3 is 1.60 bits per heavy atom. The molecule has 0 spiro atoms. The van der Waals surface area contributed by atoms with Gasteiger partial charge >= 0.3 is 0 Å². The summed E-state index contributed by atoms with van der Waals surface area (Å²) in [6.45, 7) is 6.85. The second-order valence-corrected chi connectivity index (χ2v) is 16.2. The summed E-state index contributed by atoms with van der Waals surface area (Å²) in [5.41, 5.74) is 16.9. The van der Waals surface area contributed by atoms with Crippen molar-refractivity contribution in [3.8, 4) is 0 Å². The molecule has 2 aliphatic heterocycles. The summed E-state index contributed by atoms with van der Waals surface area (Å²) in [4.78, 5) is 7.33. The van der Waals surface area contributed by atoms with Crippen LogP contribution in [0.25, 0.3) is 21.9 Å². The van der Waals surface area contributed by atoms with Crippen LogP contribution in [0.5, 0.6) is 0 Å². The predicted molar refractivity (Wildman–Crippen MR) is 241 cm³/mol. The Morgan fingerprint density at radius 1 is 0.474 bits per heavy atom. The van der Waals surface area contributed by atoms with E-state index in [1.165, 1.54) is 33.3 Å². The van der Waals surface area contributed by atoms with Gasteiger partial charge in [0.1, 0.15) is 5.58 Å². The molecule has 272 valence electrons. The van der Waals surface area contributed by atoms with Gasteiger partial charge in [-0.2, -0.15) is 0 Å². The fraction of sp³-hybridized carbons (Fsp3) is 0.0769. The first-order chi connectivity index (χ1) is 27.9. The standard InChI is InChI=1S/C52H40BN3O/c1-52(2,3)35-29-31-38(32-30-35)54(46-27-16-22-41-40-21-10-15-28-49(40)57-51(41)46)39-33-47-50-48(34-39)56(37-19-8-5-9-20-37)45-26-14-12-24-43(45)53(50)42-23-11-13-25-44(42)55(47)36-17-6-4-7-18-36/h4-34H,1-3H3. The SMILES string of the molecule is CC(C)(C)c1ccc(N(c2cc3c4c(c2)N(c2ccccc2)c2ccccc2B4c2ccccc2N3c2ccccc2)c2cccc3c2oc2ccccc23)cc1. The molecule has 0 radical (unpaired) electrons. The number of benzene rings is 8. The zero-order valence-corrected chi connectivity index (χ0v) is 32.2. The van der Waals surface area contributed by atoms with Crippen LogP contribution in [0.1, 0.15) is 26.3 Å². The number of hydrogen-bond acceptors (Lipinski definition) is 4. The van der Waals surface area contributed by atoms with E-state index in [4.69, 9.17) is 4.42 Å². The molecule has 0 amide bonds. The van der Waals surface area contributed by atoms with Crippen LogP contribution in [0.3, 0.4) is 0 Å². The summed E-state index contributed by atoms with van der Waals surface area (Å²) in [5, 5.41) is 2.21. The van der Waals surface area contributed by atoms with Gasteiger partial charge < -0.3 is 19.1 Å². The van der Waals surface area contributed by atoms with E-state index in [1.807, 2.05) is 6.07 Å². The van der Waals surface area contributed by atoms with Crippen molar-refractivity contribution in [2.45, 2.75) is 26.2 Å². The Balaban J connectivity index is 1.26. The zero-order valence-electron chi connectivity index (χ0n) is 32.2. The van der Waals surface area contributed by atoms with Crippen LogP contribution in [0.15, 0.2) is 192 Å². The quantitative estimate of drug-likeness (QED) is 0.164. The van der Waals surface area contributed by atoms with E-state index < -0.39 is 0 Å². The largest absolute Gasteiger partial charge is 0.454 e. The topological polar surface area (TPSA) is 22.9 Å². The third-order valence-corrected chi connectivity index (χ3v) is 11.8. The normalized spacial score (nSPS) is 13.1. The average Bonchev–Trinajstić information content (AvgIpc) is 3.64. The molecule has 11 rings (SSSR count). The number of furan rings is 1. The van der Waals surface area contributed by atoms with Gasteiger partial charge in [-0.05, 0) is 100 Å². The van der Waals surface area contributed by atoms with E-state index in [0.717, 1.165) is 61.8 Å². The number of nitrogens with zero attached hydrogens (tertiary/aromatic N) is 3. The Hall–Kier alpha value is -6.98. The smallest absolute Gasteiger partial charge is 0.252 e. The van der Waals surface area contributed by atoms with Gasteiger partial charge in [-0.15, -0.1) is 0 Å². The van der Waals surface area contributed by atoms with Gasteiger partial charge in [0.2, 0.25) is 0 Å². The van der Waals surface area contributed by atoms with Gasteiger partial charge in [-0.1, -0.05) is 136 Å².